The first-order valence-electron chi connectivity index (χ1n) is 9.82. The summed E-state index contributed by atoms with van der Waals surface area (Å²) in [5, 5.41) is 11.9. The van der Waals surface area contributed by atoms with Gasteiger partial charge < -0.3 is 30.2 Å². The minimum absolute atomic E-state index is 0.210. The van der Waals surface area contributed by atoms with Crippen LogP contribution in [-0.4, -0.2) is 68.5 Å². The van der Waals surface area contributed by atoms with Crippen molar-refractivity contribution in [3.8, 4) is 11.4 Å². The third-order valence-electron chi connectivity index (χ3n) is 4.70. The molecule has 0 aliphatic rings. The fourth-order valence-corrected chi connectivity index (χ4v) is 3.22. The summed E-state index contributed by atoms with van der Waals surface area (Å²) in [6.45, 7) is 3.75. The second-order valence-corrected chi connectivity index (χ2v) is 6.93. The minimum Gasteiger partial charge on any atom is -0.494 e. The topological polar surface area (TPSA) is 117 Å². The fraction of sp³-hybridized carbons (Fsp3) is 0.381. The summed E-state index contributed by atoms with van der Waals surface area (Å²) in [4.78, 5) is 15.5. The van der Waals surface area contributed by atoms with Gasteiger partial charge >= 0.3 is 0 Å². The van der Waals surface area contributed by atoms with E-state index >= 15 is 0 Å². The summed E-state index contributed by atoms with van der Waals surface area (Å²) in [6, 6.07) is 8.97. The van der Waals surface area contributed by atoms with E-state index in [1.165, 1.54) is 11.7 Å². The van der Waals surface area contributed by atoms with Crippen molar-refractivity contribution in [3.05, 3.63) is 30.3 Å². The van der Waals surface area contributed by atoms with Crippen LogP contribution in [0.4, 0.5) is 17.1 Å². The third kappa shape index (κ3) is 5.22. The molecule has 0 unspecified atom stereocenters. The molecule has 0 aliphatic carbocycles. The summed E-state index contributed by atoms with van der Waals surface area (Å²) < 4.78 is 16.2. The highest BCUT2D eigenvalue weighted by atomic mass is 16.5. The van der Waals surface area contributed by atoms with E-state index in [9.17, 15) is 4.79 Å². The zero-order chi connectivity index (χ0) is 22.4. The van der Waals surface area contributed by atoms with Crippen molar-refractivity contribution in [1.29, 1.82) is 0 Å². The van der Waals surface area contributed by atoms with Crippen molar-refractivity contribution in [2.24, 2.45) is 0 Å². The molecule has 3 aromatic rings. The Morgan fingerprint density at radius 2 is 1.74 bits per heavy atom. The summed E-state index contributed by atoms with van der Waals surface area (Å²) in [7, 11) is 4.90. The number of nitrogen functional groups attached to an aromatic ring is 1. The molecule has 2 aromatic carbocycles. The molecule has 0 spiro atoms. The van der Waals surface area contributed by atoms with Crippen LogP contribution in [0.1, 0.15) is 6.92 Å². The molecule has 1 aromatic heterocycles. The Labute approximate surface area is 180 Å². The molecule has 0 saturated carbocycles. The number of amides is 1. The predicted molar refractivity (Wildman–Crippen MR) is 120 cm³/mol. The van der Waals surface area contributed by atoms with Crippen molar-refractivity contribution in [2.75, 3.05) is 63.6 Å². The molecule has 0 saturated heterocycles. The number of rotatable bonds is 10. The van der Waals surface area contributed by atoms with E-state index in [1.54, 1.807) is 45.6 Å². The quantitative estimate of drug-likeness (QED) is 0.472. The van der Waals surface area contributed by atoms with Gasteiger partial charge in [-0.15, -0.1) is 15.0 Å². The molecule has 0 fully saturated rings. The predicted octanol–water partition coefficient (Wildman–Crippen LogP) is 2.07. The lowest BCUT2D eigenvalue weighted by Gasteiger charge is -2.27. The highest BCUT2D eigenvalue weighted by Crippen LogP contribution is 2.36. The molecule has 166 valence electrons. The Hall–Kier alpha value is -3.37. The average Bonchev–Trinajstić information content (AvgIpc) is 3.16. The molecule has 31 heavy (non-hydrogen) atoms. The van der Waals surface area contributed by atoms with Gasteiger partial charge in [-0.3, -0.25) is 4.79 Å². The Kier molecular flexibility index (Phi) is 7.27. The SMILES string of the molecule is COCCN(CCOC)c1cc(NC(C)=O)c(-n2nc3ccc(N)cc3n2)cc1OC. The molecular formula is C21H28N6O4. The lowest BCUT2D eigenvalue weighted by molar-refractivity contribution is -0.114. The summed E-state index contributed by atoms with van der Waals surface area (Å²) >= 11 is 0. The molecule has 0 aliphatic heterocycles. The van der Waals surface area contributed by atoms with E-state index in [4.69, 9.17) is 19.9 Å². The van der Waals surface area contributed by atoms with Crippen LogP contribution in [0.2, 0.25) is 0 Å². The van der Waals surface area contributed by atoms with Gasteiger partial charge in [0.1, 0.15) is 22.5 Å². The molecule has 0 atom stereocenters. The molecule has 0 radical (unpaired) electrons. The largest absolute Gasteiger partial charge is 0.494 e. The molecule has 1 amide bonds. The maximum atomic E-state index is 11.9. The number of nitrogens with zero attached hydrogens (tertiary/aromatic N) is 4. The number of aromatic nitrogens is 3. The van der Waals surface area contributed by atoms with Gasteiger partial charge in [0.25, 0.3) is 0 Å². The smallest absolute Gasteiger partial charge is 0.221 e. The maximum Gasteiger partial charge on any atom is 0.221 e. The van der Waals surface area contributed by atoms with Gasteiger partial charge in [-0.05, 0) is 24.3 Å². The van der Waals surface area contributed by atoms with Crippen LogP contribution >= 0.6 is 0 Å². The Bertz CT molecular complexity index is 1040. The van der Waals surface area contributed by atoms with Gasteiger partial charge in [-0.25, -0.2) is 0 Å². The van der Waals surface area contributed by atoms with Crippen LogP contribution in [-0.2, 0) is 14.3 Å². The first-order valence-corrected chi connectivity index (χ1v) is 9.82. The standard InChI is InChI=1S/C21H28N6O4/c1-14(28)23-18-12-20(26(7-9-29-2)8-10-30-3)21(31-4)13-19(18)27-24-16-6-5-15(22)11-17(16)25-27/h5-6,11-13H,7-10,22H2,1-4H3,(H,23,28). The van der Waals surface area contributed by atoms with Crippen molar-refractivity contribution in [3.63, 3.8) is 0 Å². The molecule has 0 bridgehead atoms. The number of nitrogens with one attached hydrogen (secondary N) is 1. The van der Waals surface area contributed by atoms with Crippen molar-refractivity contribution in [2.45, 2.75) is 6.92 Å². The fourth-order valence-electron chi connectivity index (χ4n) is 3.22. The normalized spacial score (nSPS) is 11.0. The van der Waals surface area contributed by atoms with E-state index in [0.717, 1.165) is 5.69 Å². The number of benzene rings is 2. The van der Waals surface area contributed by atoms with Crippen LogP contribution in [0.25, 0.3) is 16.7 Å². The van der Waals surface area contributed by atoms with E-state index in [2.05, 4.69) is 20.4 Å². The monoisotopic (exact) mass is 428 g/mol. The van der Waals surface area contributed by atoms with E-state index in [-0.39, 0.29) is 5.91 Å². The van der Waals surface area contributed by atoms with Crippen molar-refractivity contribution < 1.29 is 19.0 Å². The maximum absolute atomic E-state index is 11.9. The van der Waals surface area contributed by atoms with Gasteiger partial charge in [0.15, 0.2) is 0 Å². The van der Waals surface area contributed by atoms with E-state index < -0.39 is 0 Å². The van der Waals surface area contributed by atoms with Gasteiger partial charge in [-0.1, -0.05) is 0 Å². The lowest BCUT2D eigenvalue weighted by atomic mass is 10.2. The second-order valence-electron chi connectivity index (χ2n) is 6.93. The zero-order valence-electron chi connectivity index (χ0n) is 18.2. The molecule has 10 nitrogen and oxygen atoms in total. The van der Waals surface area contributed by atoms with E-state index in [1.807, 2.05) is 6.07 Å². The second kappa shape index (κ2) is 10.1. The molecular weight excluding hydrogens is 400 g/mol. The van der Waals surface area contributed by atoms with Gasteiger partial charge in [0.05, 0.1) is 31.7 Å². The van der Waals surface area contributed by atoms with Crippen LogP contribution in [0.3, 0.4) is 0 Å². The number of methoxy groups -OCH3 is 3. The number of hydrogen-bond acceptors (Lipinski definition) is 8. The number of ether oxygens (including phenoxy) is 3. The van der Waals surface area contributed by atoms with Crippen molar-refractivity contribution in [1.82, 2.24) is 15.0 Å². The third-order valence-corrected chi connectivity index (χ3v) is 4.70. The first kappa shape index (κ1) is 22.3. The molecule has 3 N–H and O–H groups in total. The Morgan fingerprint density at radius 1 is 1.06 bits per heavy atom. The molecule has 10 heteroatoms. The zero-order valence-corrected chi connectivity index (χ0v) is 18.2. The highest BCUT2D eigenvalue weighted by Gasteiger charge is 2.19. The van der Waals surface area contributed by atoms with Gasteiger partial charge in [0.2, 0.25) is 5.91 Å². The Balaban J connectivity index is 2.12. The summed E-state index contributed by atoms with van der Waals surface area (Å²) in [5.74, 6) is 0.399. The number of carbonyl (C=O) groups excluding carboxylic acids is 1. The molecule has 3 rings (SSSR count). The minimum atomic E-state index is -0.210. The summed E-state index contributed by atoms with van der Waals surface area (Å²) in [5.41, 5.74) is 9.73. The Morgan fingerprint density at radius 3 is 2.35 bits per heavy atom. The van der Waals surface area contributed by atoms with Crippen LogP contribution in [0, 0.1) is 0 Å². The number of hydrogen-bond donors (Lipinski definition) is 2. The summed E-state index contributed by atoms with van der Waals surface area (Å²) in [6.07, 6.45) is 0. The number of nitrogens with two attached hydrogens (primary N) is 1. The number of anilines is 3. The highest BCUT2D eigenvalue weighted by molar-refractivity contribution is 5.93. The van der Waals surface area contributed by atoms with Crippen LogP contribution in [0.5, 0.6) is 5.75 Å². The number of fused-ring (bicyclic) bond motifs is 1. The van der Waals surface area contributed by atoms with Gasteiger partial charge in [0, 0.05) is 46.0 Å². The van der Waals surface area contributed by atoms with E-state index in [0.29, 0.717) is 60.1 Å². The van der Waals surface area contributed by atoms with Gasteiger partial charge in [-0.2, -0.15) is 0 Å². The van der Waals surface area contributed by atoms with Crippen molar-refractivity contribution >= 4 is 34.0 Å². The molecule has 1 heterocycles. The first-order chi connectivity index (χ1) is 15.0. The average molecular weight is 428 g/mol. The van der Waals surface area contributed by atoms with Crippen LogP contribution in [0.15, 0.2) is 30.3 Å². The van der Waals surface area contributed by atoms with Crippen LogP contribution < -0.4 is 20.7 Å². The lowest BCUT2D eigenvalue weighted by Crippen LogP contribution is -2.31. The number of carbonyl (C=O) groups is 1.